The van der Waals surface area contributed by atoms with Crippen LogP contribution in [0.5, 0.6) is 5.75 Å². The van der Waals surface area contributed by atoms with Gasteiger partial charge in [0.15, 0.2) is 0 Å². The predicted octanol–water partition coefficient (Wildman–Crippen LogP) is 2.88. The van der Waals surface area contributed by atoms with Gasteiger partial charge in [-0.1, -0.05) is 32.2 Å². The molecule has 0 aliphatic heterocycles. The Labute approximate surface area is 142 Å². The predicted molar refractivity (Wildman–Crippen MR) is 95.7 cm³/mol. The molecule has 1 atom stereocenters. The summed E-state index contributed by atoms with van der Waals surface area (Å²) in [6.07, 6.45) is 0. The summed E-state index contributed by atoms with van der Waals surface area (Å²) in [6.45, 7) is 11.0. The van der Waals surface area contributed by atoms with Crippen LogP contribution in [-0.2, 0) is 10.0 Å². The molecule has 0 heterocycles. The number of thioether (sulfide) groups is 1. The lowest BCUT2D eigenvalue weighted by Gasteiger charge is -2.16. The molecule has 0 saturated carbocycles. The monoisotopic (exact) mass is 357 g/mol. The molecular formula is C15H23N3O3S2. The van der Waals surface area contributed by atoms with Crippen LogP contribution in [0.1, 0.15) is 27.7 Å². The van der Waals surface area contributed by atoms with Crippen molar-refractivity contribution in [3.63, 3.8) is 0 Å². The van der Waals surface area contributed by atoms with Crippen molar-refractivity contribution in [2.45, 2.75) is 38.0 Å². The fourth-order valence-corrected chi connectivity index (χ4v) is 4.03. The van der Waals surface area contributed by atoms with E-state index in [1.165, 1.54) is 23.9 Å². The minimum Gasteiger partial charge on any atom is -0.463 e. The number of nitrogens with zero attached hydrogens (tertiary/aromatic N) is 1. The van der Waals surface area contributed by atoms with Crippen molar-refractivity contribution in [1.82, 2.24) is 4.72 Å². The lowest BCUT2D eigenvalue weighted by atomic mass is 10.2. The molecule has 1 aromatic carbocycles. The molecule has 1 rings (SSSR count). The van der Waals surface area contributed by atoms with E-state index in [1.54, 1.807) is 26.0 Å². The largest absolute Gasteiger partial charge is 0.463 e. The highest BCUT2D eigenvalue weighted by Crippen LogP contribution is 2.21. The van der Waals surface area contributed by atoms with Crippen molar-refractivity contribution in [2.75, 3.05) is 0 Å². The molecule has 3 N–H and O–H groups in total. The first kappa shape index (κ1) is 19.5. The minimum atomic E-state index is -3.63. The maximum Gasteiger partial charge on any atom is 0.241 e. The van der Waals surface area contributed by atoms with Crippen molar-refractivity contribution in [3.05, 3.63) is 36.6 Å². The number of hydrogen-bond acceptors (Lipinski definition) is 6. The van der Waals surface area contributed by atoms with Gasteiger partial charge in [-0.3, -0.25) is 0 Å². The Bertz CT molecular complexity index is 668. The molecule has 0 aliphatic rings. The molecule has 0 aliphatic carbocycles. The van der Waals surface area contributed by atoms with Crippen LogP contribution < -0.4 is 15.3 Å². The topological polar surface area (TPSA) is 93.8 Å². The fraction of sp³-hybridized carbons (Fsp3) is 0.400. The van der Waals surface area contributed by atoms with Crippen LogP contribution in [0.15, 0.2) is 46.6 Å². The summed E-state index contributed by atoms with van der Waals surface area (Å²) in [5.74, 6) is 6.53. The molecule has 0 spiro atoms. The zero-order valence-electron chi connectivity index (χ0n) is 13.7. The average molecular weight is 358 g/mol. The van der Waals surface area contributed by atoms with Crippen LogP contribution in [0.3, 0.4) is 0 Å². The lowest BCUT2D eigenvalue weighted by Crippen LogP contribution is -2.32. The summed E-state index contributed by atoms with van der Waals surface area (Å²) in [5.41, 5.74) is 0. The van der Waals surface area contributed by atoms with Gasteiger partial charge in [0.2, 0.25) is 10.0 Å². The van der Waals surface area contributed by atoms with Crippen LogP contribution in [0.25, 0.3) is 0 Å². The van der Waals surface area contributed by atoms with Crippen molar-refractivity contribution in [1.29, 1.82) is 0 Å². The summed E-state index contributed by atoms with van der Waals surface area (Å²) < 4.78 is 32.6. The Morgan fingerprint density at radius 1 is 1.30 bits per heavy atom. The lowest BCUT2D eigenvalue weighted by molar-refractivity contribution is 0.430. The standard InChI is InChI=1S/C15H23N3O3S2/c1-10(2)15(17-16)22-12(5)18-23(19,20)14-8-6-13(7-9-14)21-11(3)4/h6-10,12,18H,3,16H2,1-2,4-5H3/b17-15-. The van der Waals surface area contributed by atoms with E-state index in [0.29, 0.717) is 16.6 Å². The molecule has 1 aromatic rings. The summed E-state index contributed by atoms with van der Waals surface area (Å²) in [4.78, 5) is 0.162. The molecule has 0 radical (unpaired) electrons. The van der Waals surface area contributed by atoms with Crippen molar-refractivity contribution in [3.8, 4) is 5.75 Å². The van der Waals surface area contributed by atoms with E-state index in [4.69, 9.17) is 10.6 Å². The zero-order chi connectivity index (χ0) is 17.6. The van der Waals surface area contributed by atoms with Gasteiger partial charge < -0.3 is 10.6 Å². The smallest absolute Gasteiger partial charge is 0.241 e. The van der Waals surface area contributed by atoms with E-state index in [-0.39, 0.29) is 10.8 Å². The number of nitrogens with one attached hydrogen (secondary N) is 1. The summed E-state index contributed by atoms with van der Waals surface area (Å²) >= 11 is 1.28. The molecule has 23 heavy (non-hydrogen) atoms. The number of benzene rings is 1. The Balaban J connectivity index is 2.80. The molecular weight excluding hydrogens is 334 g/mol. The first-order valence-electron chi connectivity index (χ1n) is 7.06. The van der Waals surface area contributed by atoms with E-state index in [0.717, 1.165) is 0 Å². The molecule has 6 nitrogen and oxygen atoms in total. The van der Waals surface area contributed by atoms with Gasteiger partial charge in [0, 0.05) is 5.92 Å². The molecule has 0 bridgehead atoms. The van der Waals surface area contributed by atoms with Gasteiger partial charge in [-0.05, 0) is 38.1 Å². The van der Waals surface area contributed by atoms with Gasteiger partial charge in [-0.25, -0.2) is 8.42 Å². The number of rotatable bonds is 7. The fourth-order valence-electron chi connectivity index (χ4n) is 1.70. The third-order valence-corrected chi connectivity index (χ3v) is 5.66. The van der Waals surface area contributed by atoms with Crippen LogP contribution in [0, 0.1) is 5.92 Å². The molecule has 0 aromatic heterocycles. The van der Waals surface area contributed by atoms with E-state index in [2.05, 4.69) is 16.4 Å². The Morgan fingerprint density at radius 3 is 2.30 bits per heavy atom. The quantitative estimate of drug-likeness (QED) is 0.195. The minimum absolute atomic E-state index is 0.135. The van der Waals surface area contributed by atoms with E-state index in [1.807, 2.05) is 13.8 Å². The van der Waals surface area contributed by atoms with Gasteiger partial charge in [-0.15, -0.1) is 0 Å². The van der Waals surface area contributed by atoms with Crippen molar-refractivity contribution < 1.29 is 13.2 Å². The summed E-state index contributed by atoms with van der Waals surface area (Å²) in [5, 5.41) is 3.98. The second kappa shape index (κ2) is 8.37. The third-order valence-electron chi connectivity index (χ3n) is 2.67. The summed E-state index contributed by atoms with van der Waals surface area (Å²) in [7, 11) is -3.63. The molecule has 0 amide bonds. The van der Waals surface area contributed by atoms with Crippen LogP contribution in [0.4, 0.5) is 0 Å². The SMILES string of the molecule is C=C(C)Oc1ccc(S(=O)(=O)NC(C)S/C(=N\N)C(C)C)cc1. The van der Waals surface area contributed by atoms with Crippen LogP contribution in [0.2, 0.25) is 0 Å². The Kier molecular flexibility index (Phi) is 7.11. The van der Waals surface area contributed by atoms with Gasteiger partial charge in [0.25, 0.3) is 0 Å². The number of sulfonamides is 1. The van der Waals surface area contributed by atoms with Gasteiger partial charge in [0.1, 0.15) is 5.75 Å². The first-order chi connectivity index (χ1) is 10.7. The molecule has 0 fully saturated rings. The van der Waals surface area contributed by atoms with Gasteiger partial charge in [0.05, 0.1) is 21.1 Å². The maximum atomic E-state index is 12.4. The average Bonchev–Trinajstić information content (AvgIpc) is 2.43. The Morgan fingerprint density at radius 2 is 1.87 bits per heavy atom. The molecule has 1 unspecified atom stereocenters. The zero-order valence-corrected chi connectivity index (χ0v) is 15.4. The number of hydrogen-bond donors (Lipinski definition) is 2. The van der Waals surface area contributed by atoms with Crippen LogP contribution >= 0.6 is 11.8 Å². The molecule has 128 valence electrons. The van der Waals surface area contributed by atoms with E-state index < -0.39 is 15.4 Å². The van der Waals surface area contributed by atoms with Gasteiger partial charge in [-0.2, -0.15) is 9.82 Å². The second-order valence-corrected chi connectivity index (χ2v) is 8.35. The normalized spacial score (nSPS) is 13.9. The first-order valence-corrected chi connectivity index (χ1v) is 9.42. The summed E-state index contributed by atoms with van der Waals surface area (Å²) in [6, 6.07) is 6.14. The van der Waals surface area contributed by atoms with Crippen molar-refractivity contribution >= 4 is 26.8 Å². The third kappa shape index (κ3) is 6.25. The van der Waals surface area contributed by atoms with Gasteiger partial charge >= 0.3 is 0 Å². The number of ether oxygens (including phenoxy) is 1. The molecule has 0 saturated heterocycles. The Hall–Kier alpha value is -1.51. The number of hydrazone groups is 1. The highest BCUT2D eigenvalue weighted by molar-refractivity contribution is 8.14. The maximum absolute atomic E-state index is 12.4. The second-order valence-electron chi connectivity index (χ2n) is 5.28. The highest BCUT2D eigenvalue weighted by atomic mass is 32.2. The molecule has 8 heteroatoms. The highest BCUT2D eigenvalue weighted by Gasteiger charge is 2.20. The van der Waals surface area contributed by atoms with E-state index in [9.17, 15) is 8.42 Å². The van der Waals surface area contributed by atoms with E-state index >= 15 is 0 Å². The van der Waals surface area contributed by atoms with Crippen molar-refractivity contribution in [2.24, 2.45) is 16.9 Å². The van der Waals surface area contributed by atoms with Crippen LogP contribution in [-0.4, -0.2) is 18.8 Å². The number of nitrogens with two attached hydrogens (primary N) is 1. The number of allylic oxidation sites excluding steroid dienone is 1.